The summed E-state index contributed by atoms with van der Waals surface area (Å²) in [6, 6.07) is 15.3. The molecule has 1 atom stereocenters. The van der Waals surface area contributed by atoms with Crippen molar-refractivity contribution in [1.29, 1.82) is 0 Å². The van der Waals surface area contributed by atoms with Gasteiger partial charge in [0.25, 0.3) is 11.5 Å². The van der Waals surface area contributed by atoms with Crippen LogP contribution in [0.25, 0.3) is 10.8 Å². The van der Waals surface area contributed by atoms with Crippen molar-refractivity contribution in [2.45, 2.75) is 32.0 Å². The second-order valence-corrected chi connectivity index (χ2v) is 7.73. The van der Waals surface area contributed by atoms with Crippen LogP contribution in [0.1, 0.15) is 28.9 Å². The smallest absolute Gasteiger partial charge is 0.275 e. The fourth-order valence-corrected chi connectivity index (χ4v) is 4.23. The summed E-state index contributed by atoms with van der Waals surface area (Å²) in [5.74, 6) is -0.302. The standard InChI is InChI=1S/C22H23ClN4O2/c1-24-21(28)20-17-9-3-4-10-18(17)22(29)27(25-20)14-26-12-6-8-16(26)13-15-7-2-5-11-19(15)23/h2-5,7,9-11,16H,6,8,12-14H2,1H3,(H,24,28). The van der Waals surface area contributed by atoms with Crippen molar-refractivity contribution in [3.8, 4) is 0 Å². The topological polar surface area (TPSA) is 67.2 Å². The van der Waals surface area contributed by atoms with Crippen LogP contribution in [0.4, 0.5) is 0 Å². The molecule has 1 N–H and O–H groups in total. The molecule has 1 aliphatic heterocycles. The Labute approximate surface area is 174 Å². The molecule has 1 amide bonds. The number of halogens is 1. The molecule has 3 aromatic rings. The molecule has 0 spiro atoms. The van der Waals surface area contributed by atoms with Gasteiger partial charge in [-0.3, -0.25) is 14.5 Å². The molecule has 6 nitrogen and oxygen atoms in total. The Balaban J connectivity index is 1.66. The Bertz CT molecular complexity index is 1110. The Morgan fingerprint density at radius 1 is 1.17 bits per heavy atom. The predicted molar refractivity (Wildman–Crippen MR) is 114 cm³/mol. The first-order valence-electron chi connectivity index (χ1n) is 9.78. The summed E-state index contributed by atoms with van der Waals surface area (Å²) in [6.45, 7) is 1.23. The number of carbonyl (C=O) groups is 1. The second kappa shape index (κ2) is 8.35. The Morgan fingerprint density at radius 3 is 2.66 bits per heavy atom. The van der Waals surface area contributed by atoms with Crippen LogP contribution in [-0.4, -0.2) is 40.2 Å². The molecular weight excluding hydrogens is 388 g/mol. The lowest BCUT2D eigenvalue weighted by Gasteiger charge is -2.25. The van der Waals surface area contributed by atoms with E-state index in [0.717, 1.165) is 36.4 Å². The molecule has 1 aliphatic rings. The average molecular weight is 411 g/mol. The van der Waals surface area contributed by atoms with Gasteiger partial charge in [0.15, 0.2) is 5.69 Å². The lowest BCUT2D eigenvalue weighted by Crippen LogP contribution is -2.39. The van der Waals surface area contributed by atoms with Gasteiger partial charge in [-0.25, -0.2) is 4.68 Å². The van der Waals surface area contributed by atoms with Gasteiger partial charge in [-0.15, -0.1) is 0 Å². The summed E-state index contributed by atoms with van der Waals surface area (Å²) < 4.78 is 1.41. The first-order valence-corrected chi connectivity index (χ1v) is 10.2. The highest BCUT2D eigenvalue weighted by atomic mass is 35.5. The number of aromatic nitrogens is 2. The van der Waals surface area contributed by atoms with E-state index in [0.29, 0.717) is 17.4 Å². The van der Waals surface area contributed by atoms with E-state index in [4.69, 9.17) is 11.6 Å². The minimum atomic E-state index is -0.302. The zero-order chi connectivity index (χ0) is 20.4. The number of hydrogen-bond acceptors (Lipinski definition) is 4. The molecule has 0 saturated carbocycles. The molecule has 0 radical (unpaired) electrons. The van der Waals surface area contributed by atoms with E-state index in [2.05, 4.69) is 15.3 Å². The van der Waals surface area contributed by atoms with Crippen molar-refractivity contribution in [1.82, 2.24) is 20.0 Å². The van der Waals surface area contributed by atoms with Gasteiger partial charge in [0, 0.05) is 30.0 Å². The van der Waals surface area contributed by atoms with Gasteiger partial charge in [-0.05, 0) is 37.0 Å². The van der Waals surface area contributed by atoms with Gasteiger partial charge in [-0.2, -0.15) is 5.10 Å². The summed E-state index contributed by atoms with van der Waals surface area (Å²) >= 11 is 6.34. The minimum absolute atomic E-state index is 0.184. The molecule has 4 rings (SSSR count). The number of likely N-dealkylation sites (tertiary alicyclic amines) is 1. The van der Waals surface area contributed by atoms with Crippen LogP contribution in [-0.2, 0) is 13.1 Å². The zero-order valence-corrected chi connectivity index (χ0v) is 17.0. The van der Waals surface area contributed by atoms with Crippen LogP contribution in [0.15, 0.2) is 53.3 Å². The molecule has 0 aliphatic carbocycles. The summed E-state index contributed by atoms with van der Waals surface area (Å²) in [7, 11) is 1.56. The van der Waals surface area contributed by atoms with Gasteiger partial charge in [0.05, 0.1) is 12.1 Å². The van der Waals surface area contributed by atoms with Crippen LogP contribution in [0.5, 0.6) is 0 Å². The zero-order valence-electron chi connectivity index (χ0n) is 16.3. The fraction of sp³-hybridized carbons (Fsp3) is 0.318. The number of nitrogens with zero attached hydrogens (tertiary/aromatic N) is 3. The molecule has 29 heavy (non-hydrogen) atoms. The van der Waals surface area contributed by atoms with Crippen molar-refractivity contribution in [3.63, 3.8) is 0 Å². The summed E-state index contributed by atoms with van der Waals surface area (Å²) in [5, 5.41) is 8.87. The van der Waals surface area contributed by atoms with Crippen molar-refractivity contribution < 1.29 is 4.79 Å². The van der Waals surface area contributed by atoms with Crippen LogP contribution in [0.3, 0.4) is 0 Å². The molecule has 2 heterocycles. The number of fused-ring (bicyclic) bond motifs is 1. The maximum atomic E-state index is 13.0. The first-order chi connectivity index (χ1) is 14.1. The molecule has 7 heteroatoms. The third-order valence-corrected chi connectivity index (χ3v) is 5.91. The maximum Gasteiger partial charge on any atom is 0.275 e. The predicted octanol–water partition coefficient (Wildman–Crippen LogP) is 3.07. The fourth-order valence-electron chi connectivity index (χ4n) is 4.02. The quantitative estimate of drug-likeness (QED) is 0.702. The van der Waals surface area contributed by atoms with E-state index >= 15 is 0 Å². The van der Waals surface area contributed by atoms with Crippen molar-refractivity contribution in [2.24, 2.45) is 0 Å². The van der Waals surface area contributed by atoms with E-state index in [9.17, 15) is 9.59 Å². The highest BCUT2D eigenvalue weighted by molar-refractivity contribution is 6.31. The highest BCUT2D eigenvalue weighted by Gasteiger charge is 2.27. The molecule has 1 aromatic heterocycles. The molecule has 2 aromatic carbocycles. The van der Waals surface area contributed by atoms with Gasteiger partial charge in [0.1, 0.15) is 0 Å². The Hall–Kier alpha value is -2.70. The van der Waals surface area contributed by atoms with Crippen molar-refractivity contribution in [2.75, 3.05) is 13.6 Å². The van der Waals surface area contributed by atoms with E-state index in [-0.39, 0.29) is 23.2 Å². The number of hydrogen-bond donors (Lipinski definition) is 1. The number of benzene rings is 2. The third kappa shape index (κ3) is 3.91. The van der Waals surface area contributed by atoms with Gasteiger partial charge in [0.2, 0.25) is 0 Å². The molecule has 150 valence electrons. The third-order valence-electron chi connectivity index (χ3n) is 5.54. The highest BCUT2D eigenvalue weighted by Crippen LogP contribution is 2.25. The number of rotatable bonds is 5. The summed E-state index contributed by atoms with van der Waals surface area (Å²) in [5.41, 5.74) is 1.19. The van der Waals surface area contributed by atoms with Crippen LogP contribution in [0, 0.1) is 0 Å². The van der Waals surface area contributed by atoms with Gasteiger partial charge < -0.3 is 5.32 Å². The largest absolute Gasteiger partial charge is 0.354 e. The molecule has 1 unspecified atom stereocenters. The van der Waals surface area contributed by atoms with E-state index < -0.39 is 0 Å². The lowest BCUT2D eigenvalue weighted by molar-refractivity contribution is 0.0955. The maximum absolute atomic E-state index is 13.0. The molecule has 0 bridgehead atoms. The Kier molecular flexibility index (Phi) is 5.65. The SMILES string of the molecule is CNC(=O)c1nn(CN2CCCC2Cc2ccccc2Cl)c(=O)c2ccccc12. The minimum Gasteiger partial charge on any atom is -0.354 e. The van der Waals surface area contributed by atoms with Crippen LogP contribution in [0.2, 0.25) is 5.02 Å². The second-order valence-electron chi connectivity index (χ2n) is 7.32. The summed E-state index contributed by atoms with van der Waals surface area (Å²) in [4.78, 5) is 27.6. The lowest BCUT2D eigenvalue weighted by atomic mass is 10.0. The van der Waals surface area contributed by atoms with E-state index in [1.54, 1.807) is 31.3 Å². The molecule has 1 fully saturated rings. The molecular formula is C22H23ClN4O2. The first kappa shape index (κ1) is 19.6. The van der Waals surface area contributed by atoms with Crippen molar-refractivity contribution in [3.05, 3.63) is 75.2 Å². The number of amides is 1. The van der Waals surface area contributed by atoms with E-state index in [1.165, 1.54) is 4.68 Å². The average Bonchev–Trinajstić information content (AvgIpc) is 3.18. The monoisotopic (exact) mass is 410 g/mol. The van der Waals surface area contributed by atoms with Crippen LogP contribution < -0.4 is 10.9 Å². The molecule has 1 saturated heterocycles. The normalized spacial score (nSPS) is 17.0. The van der Waals surface area contributed by atoms with Crippen LogP contribution >= 0.6 is 11.6 Å². The van der Waals surface area contributed by atoms with Gasteiger partial charge >= 0.3 is 0 Å². The number of carbonyl (C=O) groups excluding carboxylic acids is 1. The van der Waals surface area contributed by atoms with E-state index in [1.807, 2.05) is 24.3 Å². The van der Waals surface area contributed by atoms with Crippen molar-refractivity contribution >= 4 is 28.3 Å². The Morgan fingerprint density at radius 2 is 1.90 bits per heavy atom. The number of nitrogens with one attached hydrogen (secondary N) is 1. The van der Waals surface area contributed by atoms with Gasteiger partial charge in [-0.1, -0.05) is 48.0 Å². The summed E-state index contributed by atoms with van der Waals surface area (Å²) in [6.07, 6.45) is 2.92.